The molecule has 0 aromatic rings. The van der Waals surface area contributed by atoms with Crippen LogP contribution in [0.1, 0.15) is 40.0 Å². The summed E-state index contributed by atoms with van der Waals surface area (Å²) in [7, 11) is 0. The van der Waals surface area contributed by atoms with Crippen LogP contribution >= 0.6 is 0 Å². The highest BCUT2D eigenvalue weighted by atomic mass is 16.4. The van der Waals surface area contributed by atoms with Gasteiger partial charge >= 0.3 is 5.97 Å². The fourth-order valence-corrected chi connectivity index (χ4v) is 3.15. The number of rotatable bonds is 5. The summed E-state index contributed by atoms with van der Waals surface area (Å²) in [5, 5.41) is 9.02. The van der Waals surface area contributed by atoms with E-state index in [1.54, 1.807) is 0 Å². The molecule has 3 unspecified atom stereocenters. The molecule has 0 aliphatic heterocycles. The number of carbonyl (C=O) groups is 1. The first-order chi connectivity index (χ1) is 8.45. The molecule has 102 valence electrons. The molecule has 0 aromatic carbocycles. The van der Waals surface area contributed by atoms with E-state index in [2.05, 4.69) is 26.7 Å². The Hall–Kier alpha value is -1.01. The normalized spacial score (nSPS) is 28.3. The highest BCUT2D eigenvalue weighted by Gasteiger charge is 2.34. The van der Waals surface area contributed by atoms with Gasteiger partial charge in [0.25, 0.3) is 0 Å². The standard InChI is InChI=1S/C15H25NO2/c1-5-8-16(10-15(17)18)14-9-12(4)6-7-13(14)11(2)3/h1,11-14H,6-10H2,2-4H3,(H,17,18). The van der Waals surface area contributed by atoms with E-state index in [1.807, 2.05) is 4.90 Å². The topological polar surface area (TPSA) is 40.5 Å². The summed E-state index contributed by atoms with van der Waals surface area (Å²) < 4.78 is 0. The molecule has 0 saturated heterocycles. The van der Waals surface area contributed by atoms with Gasteiger partial charge in [-0.05, 0) is 30.6 Å². The third kappa shape index (κ3) is 4.03. The van der Waals surface area contributed by atoms with Gasteiger partial charge in [0.15, 0.2) is 0 Å². The molecule has 3 atom stereocenters. The molecule has 1 aliphatic carbocycles. The maximum Gasteiger partial charge on any atom is 0.317 e. The molecule has 3 nitrogen and oxygen atoms in total. The van der Waals surface area contributed by atoms with Crippen molar-refractivity contribution in [1.29, 1.82) is 0 Å². The minimum Gasteiger partial charge on any atom is -0.480 e. The Morgan fingerprint density at radius 3 is 2.67 bits per heavy atom. The monoisotopic (exact) mass is 251 g/mol. The third-order valence-corrected chi connectivity index (χ3v) is 4.09. The first kappa shape index (κ1) is 15.0. The zero-order chi connectivity index (χ0) is 13.7. The van der Waals surface area contributed by atoms with Gasteiger partial charge in [0.05, 0.1) is 13.1 Å². The lowest BCUT2D eigenvalue weighted by atomic mass is 9.73. The van der Waals surface area contributed by atoms with Crippen molar-refractivity contribution < 1.29 is 9.90 Å². The Morgan fingerprint density at radius 2 is 2.17 bits per heavy atom. The zero-order valence-corrected chi connectivity index (χ0v) is 11.7. The zero-order valence-electron chi connectivity index (χ0n) is 11.7. The predicted octanol–water partition coefficient (Wildman–Crippen LogP) is 2.47. The van der Waals surface area contributed by atoms with Gasteiger partial charge in [-0.1, -0.05) is 33.1 Å². The van der Waals surface area contributed by atoms with Crippen molar-refractivity contribution in [2.75, 3.05) is 13.1 Å². The molecule has 3 heteroatoms. The molecule has 0 heterocycles. The van der Waals surface area contributed by atoms with Crippen molar-refractivity contribution in [2.45, 2.75) is 46.1 Å². The Balaban J connectivity index is 2.82. The van der Waals surface area contributed by atoms with Crippen molar-refractivity contribution in [3.05, 3.63) is 0 Å². The second-order valence-corrected chi connectivity index (χ2v) is 5.90. The molecule has 1 rings (SSSR count). The second kappa shape index (κ2) is 6.80. The molecular formula is C15H25NO2. The van der Waals surface area contributed by atoms with Crippen molar-refractivity contribution in [1.82, 2.24) is 4.90 Å². The fourth-order valence-electron chi connectivity index (χ4n) is 3.15. The van der Waals surface area contributed by atoms with Crippen LogP contribution in [0.15, 0.2) is 0 Å². The Bertz CT molecular complexity index is 319. The summed E-state index contributed by atoms with van der Waals surface area (Å²) in [6, 6.07) is 0.320. The fraction of sp³-hybridized carbons (Fsp3) is 0.800. The molecule has 0 aromatic heterocycles. The van der Waals surface area contributed by atoms with Gasteiger partial charge in [0, 0.05) is 6.04 Å². The van der Waals surface area contributed by atoms with E-state index >= 15 is 0 Å². The molecule has 18 heavy (non-hydrogen) atoms. The summed E-state index contributed by atoms with van der Waals surface area (Å²) in [6.07, 6.45) is 8.88. The molecule has 1 aliphatic rings. The molecule has 0 radical (unpaired) electrons. The van der Waals surface area contributed by atoms with Crippen molar-refractivity contribution in [2.24, 2.45) is 17.8 Å². The maximum atomic E-state index is 11.0. The number of nitrogens with zero attached hydrogens (tertiary/aromatic N) is 1. The van der Waals surface area contributed by atoms with Gasteiger partial charge in [0.1, 0.15) is 0 Å². The number of carboxylic acid groups (broad SMARTS) is 1. The lowest BCUT2D eigenvalue weighted by molar-refractivity contribution is -0.139. The van der Waals surface area contributed by atoms with E-state index in [9.17, 15) is 4.79 Å². The summed E-state index contributed by atoms with van der Waals surface area (Å²) in [5.41, 5.74) is 0. The van der Waals surface area contributed by atoms with Crippen molar-refractivity contribution >= 4 is 5.97 Å². The van der Waals surface area contributed by atoms with E-state index < -0.39 is 5.97 Å². The summed E-state index contributed by atoms with van der Waals surface area (Å²) >= 11 is 0. The third-order valence-electron chi connectivity index (χ3n) is 4.09. The van der Waals surface area contributed by atoms with Gasteiger partial charge in [-0.15, -0.1) is 6.42 Å². The van der Waals surface area contributed by atoms with Crippen LogP contribution < -0.4 is 0 Å². The molecule has 0 amide bonds. The highest BCUT2D eigenvalue weighted by Crippen LogP contribution is 2.36. The number of terminal acetylenes is 1. The van der Waals surface area contributed by atoms with Crippen molar-refractivity contribution in [3.63, 3.8) is 0 Å². The minimum absolute atomic E-state index is 0.0603. The van der Waals surface area contributed by atoms with Crippen molar-refractivity contribution in [3.8, 4) is 12.3 Å². The van der Waals surface area contributed by atoms with Gasteiger partial charge in [-0.2, -0.15) is 0 Å². The van der Waals surface area contributed by atoms with E-state index in [4.69, 9.17) is 11.5 Å². The van der Waals surface area contributed by atoms with Crippen LogP contribution in [0.5, 0.6) is 0 Å². The second-order valence-electron chi connectivity index (χ2n) is 5.90. The molecular weight excluding hydrogens is 226 g/mol. The molecule has 1 fully saturated rings. The Labute approximate surface area is 111 Å². The summed E-state index contributed by atoms with van der Waals surface area (Å²) in [5.74, 6) is 3.63. The lowest BCUT2D eigenvalue weighted by Gasteiger charge is -2.42. The van der Waals surface area contributed by atoms with E-state index in [0.717, 1.165) is 6.42 Å². The summed E-state index contributed by atoms with van der Waals surface area (Å²) in [6.45, 7) is 7.20. The smallest absolute Gasteiger partial charge is 0.317 e. The first-order valence-electron chi connectivity index (χ1n) is 6.85. The average Bonchev–Trinajstić information content (AvgIpc) is 2.27. The van der Waals surface area contributed by atoms with E-state index in [1.165, 1.54) is 12.8 Å². The van der Waals surface area contributed by atoms with Crippen LogP contribution in [0.2, 0.25) is 0 Å². The summed E-state index contributed by atoms with van der Waals surface area (Å²) in [4.78, 5) is 12.9. The minimum atomic E-state index is -0.786. The predicted molar refractivity (Wildman–Crippen MR) is 73.2 cm³/mol. The van der Waals surface area contributed by atoms with Crippen LogP contribution in [0.25, 0.3) is 0 Å². The van der Waals surface area contributed by atoms with Gasteiger partial charge in [0.2, 0.25) is 0 Å². The van der Waals surface area contributed by atoms with Gasteiger partial charge < -0.3 is 5.11 Å². The highest BCUT2D eigenvalue weighted by molar-refractivity contribution is 5.69. The van der Waals surface area contributed by atoms with Crippen LogP contribution in [0.4, 0.5) is 0 Å². The quantitative estimate of drug-likeness (QED) is 0.763. The van der Waals surface area contributed by atoms with E-state index in [0.29, 0.717) is 30.3 Å². The van der Waals surface area contributed by atoms with Crippen LogP contribution in [-0.4, -0.2) is 35.1 Å². The molecule has 1 N–H and O–H groups in total. The van der Waals surface area contributed by atoms with Gasteiger partial charge in [-0.25, -0.2) is 0 Å². The molecule has 1 saturated carbocycles. The van der Waals surface area contributed by atoms with Crippen LogP contribution in [-0.2, 0) is 4.79 Å². The van der Waals surface area contributed by atoms with Crippen LogP contribution in [0.3, 0.4) is 0 Å². The number of aliphatic carboxylic acids is 1. The largest absolute Gasteiger partial charge is 0.480 e. The Kier molecular flexibility index (Phi) is 5.68. The first-order valence-corrected chi connectivity index (χ1v) is 6.85. The molecule has 0 spiro atoms. The molecule has 0 bridgehead atoms. The maximum absolute atomic E-state index is 11.0. The Morgan fingerprint density at radius 1 is 1.50 bits per heavy atom. The number of hydrogen-bond acceptors (Lipinski definition) is 2. The SMILES string of the molecule is C#CCN(CC(=O)O)C1CC(C)CCC1C(C)C. The lowest BCUT2D eigenvalue weighted by Crippen LogP contribution is -2.48. The van der Waals surface area contributed by atoms with Gasteiger partial charge in [-0.3, -0.25) is 9.69 Å². The average molecular weight is 251 g/mol. The van der Waals surface area contributed by atoms with Crippen LogP contribution in [0, 0.1) is 30.1 Å². The van der Waals surface area contributed by atoms with E-state index in [-0.39, 0.29) is 6.54 Å². The number of carboxylic acids is 1. The number of hydrogen-bond donors (Lipinski definition) is 1.